The van der Waals surface area contributed by atoms with Gasteiger partial charge in [0.1, 0.15) is 30.5 Å². The van der Waals surface area contributed by atoms with Crippen LogP contribution in [0.5, 0.6) is 0 Å². The first-order valence-corrected chi connectivity index (χ1v) is 9.71. The second-order valence-electron chi connectivity index (χ2n) is 7.56. The summed E-state index contributed by atoms with van der Waals surface area (Å²) in [5, 5.41) is 51.9. The molecular weight excluding hydrogens is 374 g/mol. The molecule has 9 atom stereocenters. The van der Waals surface area contributed by atoms with Crippen LogP contribution in [0.15, 0.2) is 0 Å². The van der Waals surface area contributed by atoms with Gasteiger partial charge < -0.3 is 45.1 Å². The number of aliphatic hydroxyl groups is 5. The topological polar surface area (TPSA) is 158 Å². The molecule has 2 aliphatic heterocycles. The van der Waals surface area contributed by atoms with Crippen molar-refractivity contribution in [3.05, 3.63) is 0 Å². The second kappa shape index (κ2) is 10.8. The van der Waals surface area contributed by atoms with E-state index in [0.717, 1.165) is 0 Å². The van der Waals surface area contributed by atoms with Crippen molar-refractivity contribution in [3.8, 4) is 0 Å². The third-order valence-electron chi connectivity index (χ3n) is 5.50. The predicted molar refractivity (Wildman–Crippen MR) is 96.3 cm³/mol. The number of ether oxygens (including phenoxy) is 3. The Morgan fingerprint density at radius 2 is 1.79 bits per heavy atom. The highest BCUT2D eigenvalue weighted by molar-refractivity contribution is 5.73. The van der Waals surface area contributed by atoms with Crippen molar-refractivity contribution in [3.63, 3.8) is 0 Å². The van der Waals surface area contributed by atoms with Crippen LogP contribution in [0.2, 0.25) is 0 Å². The lowest BCUT2D eigenvalue weighted by Gasteiger charge is -2.43. The summed E-state index contributed by atoms with van der Waals surface area (Å²) in [6.07, 6.45) is -5.00. The van der Waals surface area contributed by atoms with Gasteiger partial charge in [-0.05, 0) is 12.8 Å². The van der Waals surface area contributed by atoms with Gasteiger partial charge >= 0.3 is 0 Å². The van der Waals surface area contributed by atoms with Gasteiger partial charge in [0, 0.05) is 19.4 Å². The average Bonchev–Trinajstić information content (AvgIpc) is 2.66. The van der Waals surface area contributed by atoms with Crippen molar-refractivity contribution in [2.75, 3.05) is 26.4 Å². The number of amides is 1. The van der Waals surface area contributed by atoms with Crippen LogP contribution < -0.4 is 5.32 Å². The fourth-order valence-electron chi connectivity index (χ4n) is 3.82. The summed E-state index contributed by atoms with van der Waals surface area (Å²) in [4.78, 5) is 11.4. The molecule has 2 heterocycles. The molecule has 164 valence electrons. The quantitative estimate of drug-likeness (QED) is 0.240. The van der Waals surface area contributed by atoms with Crippen LogP contribution in [0.3, 0.4) is 0 Å². The van der Waals surface area contributed by atoms with Gasteiger partial charge in [0.2, 0.25) is 5.91 Å². The normalized spacial score (nSPS) is 41.6. The standard InChI is InChI=1S/C18H33NO9/c1-9-13(6-20)28-12(17(25)15(9)19-10(2)22)4-3-5-26-18-14(7-21)27-8-11(23)16(18)24/h9,11-18,20-21,23-25H,3-8H2,1-2H3,(H,19,22)/t9-,11+,12?,13-,14-,15-,16-,17-,18-/m1/s1. The summed E-state index contributed by atoms with van der Waals surface area (Å²) in [6, 6.07) is -0.531. The van der Waals surface area contributed by atoms with Crippen molar-refractivity contribution < 1.29 is 44.5 Å². The fourth-order valence-corrected chi connectivity index (χ4v) is 3.82. The molecule has 0 bridgehead atoms. The SMILES string of the molecule is CC(=O)N[C@@H]1[C@H](C)[C@@H](CO)OC(CCCO[C@H]2[C@H](O)[C@@H](O)CO[C@@H]2CO)[C@H]1O. The van der Waals surface area contributed by atoms with Gasteiger partial charge in [-0.15, -0.1) is 0 Å². The van der Waals surface area contributed by atoms with Crippen molar-refractivity contribution in [2.45, 2.75) is 75.5 Å². The first-order chi connectivity index (χ1) is 13.3. The zero-order valence-corrected chi connectivity index (χ0v) is 16.3. The summed E-state index contributed by atoms with van der Waals surface area (Å²) in [5.41, 5.74) is 0. The maximum absolute atomic E-state index is 11.4. The Morgan fingerprint density at radius 1 is 1.11 bits per heavy atom. The van der Waals surface area contributed by atoms with Gasteiger partial charge in [0.15, 0.2) is 0 Å². The van der Waals surface area contributed by atoms with E-state index in [0.29, 0.717) is 12.8 Å². The maximum atomic E-state index is 11.4. The van der Waals surface area contributed by atoms with E-state index >= 15 is 0 Å². The molecule has 1 amide bonds. The maximum Gasteiger partial charge on any atom is 0.217 e. The molecule has 0 aromatic heterocycles. The van der Waals surface area contributed by atoms with Crippen LogP contribution in [-0.4, -0.2) is 107 Å². The highest BCUT2D eigenvalue weighted by Gasteiger charge is 2.43. The summed E-state index contributed by atoms with van der Waals surface area (Å²) in [7, 11) is 0. The molecule has 1 unspecified atom stereocenters. The molecule has 0 aromatic rings. The Morgan fingerprint density at radius 3 is 2.39 bits per heavy atom. The molecule has 2 saturated heterocycles. The van der Waals surface area contributed by atoms with E-state index < -0.39 is 48.8 Å². The molecule has 10 nitrogen and oxygen atoms in total. The molecule has 2 aliphatic rings. The van der Waals surface area contributed by atoms with Gasteiger partial charge in [-0.25, -0.2) is 0 Å². The van der Waals surface area contributed by atoms with Crippen LogP contribution in [0.4, 0.5) is 0 Å². The van der Waals surface area contributed by atoms with Crippen LogP contribution in [-0.2, 0) is 19.0 Å². The molecule has 6 N–H and O–H groups in total. The number of carbonyl (C=O) groups excluding carboxylic acids is 1. The van der Waals surface area contributed by atoms with Crippen molar-refractivity contribution >= 4 is 5.91 Å². The van der Waals surface area contributed by atoms with Gasteiger partial charge in [-0.1, -0.05) is 6.92 Å². The fraction of sp³-hybridized carbons (Fsp3) is 0.944. The monoisotopic (exact) mass is 407 g/mol. The summed E-state index contributed by atoms with van der Waals surface area (Å²) >= 11 is 0. The van der Waals surface area contributed by atoms with E-state index in [1.54, 1.807) is 6.92 Å². The highest BCUT2D eigenvalue weighted by Crippen LogP contribution is 2.28. The number of carbonyl (C=O) groups is 1. The van der Waals surface area contributed by atoms with Gasteiger partial charge in [0.05, 0.1) is 38.1 Å². The lowest BCUT2D eigenvalue weighted by molar-refractivity contribution is -0.213. The minimum Gasteiger partial charge on any atom is -0.394 e. The number of hydrogen-bond donors (Lipinski definition) is 6. The Bertz CT molecular complexity index is 492. The molecule has 28 heavy (non-hydrogen) atoms. The number of aliphatic hydroxyl groups excluding tert-OH is 5. The lowest BCUT2D eigenvalue weighted by atomic mass is 9.84. The molecular formula is C18H33NO9. The summed E-state index contributed by atoms with van der Waals surface area (Å²) < 4.78 is 16.7. The molecule has 0 radical (unpaired) electrons. The second-order valence-corrected chi connectivity index (χ2v) is 7.56. The zero-order chi connectivity index (χ0) is 20.8. The summed E-state index contributed by atoms with van der Waals surface area (Å²) in [6.45, 7) is 2.72. The van der Waals surface area contributed by atoms with Crippen molar-refractivity contribution in [1.29, 1.82) is 0 Å². The first kappa shape index (κ1) is 23.4. The zero-order valence-electron chi connectivity index (χ0n) is 16.3. The largest absolute Gasteiger partial charge is 0.394 e. The Hall–Kier alpha value is -0.850. The molecule has 0 spiro atoms. The van der Waals surface area contributed by atoms with Crippen molar-refractivity contribution in [1.82, 2.24) is 5.32 Å². The van der Waals surface area contributed by atoms with Crippen molar-refractivity contribution in [2.24, 2.45) is 5.92 Å². The minimum atomic E-state index is -1.16. The van der Waals surface area contributed by atoms with E-state index in [9.17, 15) is 30.3 Å². The molecule has 2 rings (SSSR count). The third-order valence-corrected chi connectivity index (χ3v) is 5.50. The number of nitrogens with one attached hydrogen (secondary N) is 1. The minimum absolute atomic E-state index is 0.0698. The van der Waals surface area contributed by atoms with E-state index in [2.05, 4.69) is 5.32 Å². The Labute approximate surface area is 164 Å². The molecule has 2 fully saturated rings. The Kier molecular flexibility index (Phi) is 9.03. The molecule has 0 saturated carbocycles. The predicted octanol–water partition coefficient (Wildman–Crippen LogP) is -2.47. The molecule has 0 aromatic carbocycles. The van der Waals surface area contributed by atoms with Crippen LogP contribution in [0.1, 0.15) is 26.7 Å². The van der Waals surface area contributed by atoms with E-state index in [1.165, 1.54) is 6.92 Å². The molecule has 10 heteroatoms. The lowest BCUT2D eigenvalue weighted by Crippen LogP contribution is -2.60. The van der Waals surface area contributed by atoms with E-state index in [-0.39, 0.29) is 38.3 Å². The highest BCUT2D eigenvalue weighted by atomic mass is 16.6. The first-order valence-electron chi connectivity index (χ1n) is 9.71. The smallest absolute Gasteiger partial charge is 0.217 e. The van der Waals surface area contributed by atoms with Gasteiger partial charge in [-0.3, -0.25) is 4.79 Å². The Balaban J connectivity index is 1.87. The van der Waals surface area contributed by atoms with Crippen LogP contribution >= 0.6 is 0 Å². The van der Waals surface area contributed by atoms with E-state index in [1.807, 2.05) is 0 Å². The van der Waals surface area contributed by atoms with Gasteiger partial charge in [-0.2, -0.15) is 0 Å². The number of rotatable bonds is 8. The summed E-state index contributed by atoms with van der Waals surface area (Å²) in [5.74, 6) is -0.519. The molecule has 0 aliphatic carbocycles. The van der Waals surface area contributed by atoms with E-state index in [4.69, 9.17) is 14.2 Å². The average molecular weight is 407 g/mol. The van der Waals surface area contributed by atoms with Crippen LogP contribution in [0, 0.1) is 5.92 Å². The third kappa shape index (κ3) is 5.61. The van der Waals surface area contributed by atoms with Crippen LogP contribution in [0.25, 0.3) is 0 Å². The van der Waals surface area contributed by atoms with Gasteiger partial charge in [0.25, 0.3) is 0 Å². The number of hydrogen-bond acceptors (Lipinski definition) is 9.